The summed E-state index contributed by atoms with van der Waals surface area (Å²) in [5.41, 5.74) is 1.92. The highest BCUT2D eigenvalue weighted by Crippen LogP contribution is 2.28. The van der Waals surface area contributed by atoms with Gasteiger partial charge in [0.15, 0.2) is 0 Å². The highest BCUT2D eigenvalue weighted by molar-refractivity contribution is 5.93. The number of aliphatic carboxylic acids is 1. The number of hydrogen-bond donors (Lipinski definition) is 3. The average molecular weight is 328 g/mol. The van der Waals surface area contributed by atoms with Crippen molar-refractivity contribution in [3.05, 3.63) is 35.5 Å². The summed E-state index contributed by atoms with van der Waals surface area (Å²) in [6.07, 6.45) is 6.83. The molecule has 3 rings (SSSR count). The van der Waals surface area contributed by atoms with Crippen LogP contribution in [0.1, 0.15) is 49.7 Å². The van der Waals surface area contributed by atoms with Gasteiger partial charge in [-0.15, -0.1) is 0 Å². The molecule has 1 saturated carbocycles. The van der Waals surface area contributed by atoms with Gasteiger partial charge in [-0.1, -0.05) is 37.8 Å². The number of hydrogen-bond acceptors (Lipinski definition) is 2. The minimum absolute atomic E-state index is 0.194. The first-order valence-corrected chi connectivity index (χ1v) is 8.62. The van der Waals surface area contributed by atoms with Crippen molar-refractivity contribution < 1.29 is 14.7 Å². The Hall–Kier alpha value is -2.30. The van der Waals surface area contributed by atoms with Crippen molar-refractivity contribution in [3.63, 3.8) is 0 Å². The topological polar surface area (TPSA) is 82.2 Å². The van der Waals surface area contributed by atoms with E-state index in [4.69, 9.17) is 0 Å². The first-order valence-electron chi connectivity index (χ1n) is 8.62. The third-order valence-corrected chi connectivity index (χ3v) is 5.09. The predicted molar refractivity (Wildman–Crippen MR) is 93.0 cm³/mol. The smallest absolute Gasteiger partial charge is 0.329 e. The Kier molecular flexibility index (Phi) is 4.60. The molecule has 1 aromatic carbocycles. The molecule has 2 aromatic rings. The number of carboxylic acids is 1. The molecule has 0 radical (unpaired) electrons. The first kappa shape index (κ1) is 16.6. The summed E-state index contributed by atoms with van der Waals surface area (Å²) in [7, 11) is 0. The van der Waals surface area contributed by atoms with Crippen LogP contribution in [0.4, 0.5) is 0 Å². The molecule has 0 spiro atoms. The van der Waals surface area contributed by atoms with E-state index in [0.717, 1.165) is 47.7 Å². The number of nitrogens with one attached hydrogen (secondary N) is 2. The zero-order valence-corrected chi connectivity index (χ0v) is 14.0. The van der Waals surface area contributed by atoms with Gasteiger partial charge in [0.1, 0.15) is 5.54 Å². The number of aryl methyl sites for hydroxylation is 1. The van der Waals surface area contributed by atoms with Crippen molar-refractivity contribution >= 4 is 22.8 Å². The van der Waals surface area contributed by atoms with Crippen LogP contribution < -0.4 is 5.32 Å². The zero-order chi connectivity index (χ0) is 17.2. The summed E-state index contributed by atoms with van der Waals surface area (Å²) < 4.78 is 0. The van der Waals surface area contributed by atoms with Crippen LogP contribution in [0.25, 0.3) is 10.9 Å². The monoisotopic (exact) mass is 328 g/mol. The molecule has 3 N–H and O–H groups in total. The van der Waals surface area contributed by atoms with Crippen LogP contribution in [0.2, 0.25) is 0 Å². The van der Waals surface area contributed by atoms with E-state index in [9.17, 15) is 14.7 Å². The Morgan fingerprint density at radius 2 is 1.92 bits per heavy atom. The van der Waals surface area contributed by atoms with E-state index in [2.05, 4.69) is 10.3 Å². The molecule has 128 valence electrons. The number of carbonyl (C=O) groups is 2. The van der Waals surface area contributed by atoms with Crippen molar-refractivity contribution in [1.82, 2.24) is 10.3 Å². The number of aromatic amines is 1. The first-order chi connectivity index (χ1) is 11.5. The molecule has 0 bridgehead atoms. The van der Waals surface area contributed by atoms with E-state index in [-0.39, 0.29) is 12.3 Å². The van der Waals surface area contributed by atoms with Gasteiger partial charge in [-0.3, -0.25) is 4.79 Å². The highest BCUT2D eigenvalue weighted by atomic mass is 16.4. The molecule has 1 fully saturated rings. The summed E-state index contributed by atoms with van der Waals surface area (Å²) in [4.78, 5) is 27.6. The van der Waals surface area contributed by atoms with Gasteiger partial charge in [0.05, 0.1) is 6.42 Å². The largest absolute Gasteiger partial charge is 0.480 e. The Morgan fingerprint density at radius 1 is 1.21 bits per heavy atom. The number of amides is 1. The van der Waals surface area contributed by atoms with Gasteiger partial charge in [0.2, 0.25) is 5.91 Å². The number of rotatable bonds is 4. The van der Waals surface area contributed by atoms with E-state index in [0.29, 0.717) is 12.8 Å². The molecule has 24 heavy (non-hydrogen) atoms. The molecular formula is C19H24N2O3. The molecule has 0 saturated heterocycles. The molecule has 1 aromatic heterocycles. The fourth-order valence-electron chi connectivity index (χ4n) is 3.80. The van der Waals surface area contributed by atoms with E-state index < -0.39 is 11.5 Å². The van der Waals surface area contributed by atoms with Crippen LogP contribution in [0.5, 0.6) is 0 Å². The second kappa shape index (κ2) is 6.67. The van der Waals surface area contributed by atoms with E-state index >= 15 is 0 Å². The van der Waals surface area contributed by atoms with Crippen LogP contribution in [0.3, 0.4) is 0 Å². The molecule has 1 aliphatic carbocycles. The van der Waals surface area contributed by atoms with Gasteiger partial charge >= 0.3 is 5.97 Å². The zero-order valence-electron chi connectivity index (χ0n) is 14.0. The lowest BCUT2D eigenvalue weighted by Gasteiger charge is -2.29. The van der Waals surface area contributed by atoms with Gasteiger partial charge in [-0.05, 0) is 37.0 Å². The molecule has 5 nitrogen and oxygen atoms in total. The number of carboxylic acid groups (broad SMARTS) is 1. The van der Waals surface area contributed by atoms with Gasteiger partial charge < -0.3 is 15.4 Å². The van der Waals surface area contributed by atoms with Gasteiger partial charge in [-0.2, -0.15) is 0 Å². The Morgan fingerprint density at radius 3 is 2.58 bits per heavy atom. The van der Waals surface area contributed by atoms with E-state index in [1.165, 1.54) is 0 Å². The van der Waals surface area contributed by atoms with Crippen molar-refractivity contribution in [2.24, 2.45) is 0 Å². The summed E-state index contributed by atoms with van der Waals surface area (Å²) in [6, 6.07) is 5.97. The summed E-state index contributed by atoms with van der Waals surface area (Å²) >= 11 is 0. The Bertz CT molecular complexity index is 755. The highest BCUT2D eigenvalue weighted by Gasteiger charge is 2.39. The normalized spacial score (nSPS) is 17.4. The minimum atomic E-state index is -1.10. The van der Waals surface area contributed by atoms with Gasteiger partial charge in [-0.25, -0.2) is 4.79 Å². The van der Waals surface area contributed by atoms with Crippen molar-refractivity contribution in [2.75, 3.05) is 0 Å². The Labute approximate surface area is 141 Å². The minimum Gasteiger partial charge on any atom is -0.480 e. The quantitative estimate of drug-likeness (QED) is 0.753. The lowest BCUT2D eigenvalue weighted by atomic mass is 9.90. The maximum absolute atomic E-state index is 12.6. The number of benzene rings is 1. The molecule has 0 unspecified atom stereocenters. The Balaban J connectivity index is 1.79. The molecule has 0 aliphatic heterocycles. The second-order valence-electron chi connectivity index (χ2n) is 6.84. The summed E-state index contributed by atoms with van der Waals surface area (Å²) in [6.45, 7) is 2.02. The van der Waals surface area contributed by atoms with E-state index in [1.54, 1.807) is 0 Å². The maximum Gasteiger partial charge on any atom is 0.329 e. The fourth-order valence-corrected chi connectivity index (χ4v) is 3.80. The third kappa shape index (κ3) is 3.16. The number of aromatic nitrogens is 1. The summed E-state index contributed by atoms with van der Waals surface area (Å²) in [5.74, 6) is -1.13. The number of H-pyrrole nitrogens is 1. The van der Waals surface area contributed by atoms with Crippen LogP contribution in [0.15, 0.2) is 24.4 Å². The lowest BCUT2D eigenvalue weighted by molar-refractivity contribution is -0.148. The van der Waals surface area contributed by atoms with Crippen LogP contribution in [-0.2, 0) is 16.0 Å². The molecule has 1 heterocycles. The van der Waals surface area contributed by atoms with Crippen LogP contribution in [-0.4, -0.2) is 27.5 Å². The number of carbonyl (C=O) groups excluding carboxylic acids is 1. The van der Waals surface area contributed by atoms with Crippen molar-refractivity contribution in [1.29, 1.82) is 0 Å². The standard InChI is InChI=1S/C19H24N2O3/c1-13-7-6-8-15-17(13)14(12-20-15)11-16(22)21-19(18(23)24)9-4-2-3-5-10-19/h6-8,12,20H,2-5,9-11H2,1H3,(H,21,22)(H,23,24). The SMILES string of the molecule is Cc1cccc2[nH]cc(CC(=O)NC3(C(=O)O)CCCCCC3)c12. The molecular weight excluding hydrogens is 304 g/mol. The molecule has 0 atom stereocenters. The predicted octanol–water partition coefficient (Wildman–Crippen LogP) is 3.31. The van der Waals surface area contributed by atoms with Crippen LogP contribution >= 0.6 is 0 Å². The maximum atomic E-state index is 12.6. The second-order valence-corrected chi connectivity index (χ2v) is 6.84. The number of fused-ring (bicyclic) bond motifs is 1. The van der Waals surface area contributed by atoms with Crippen molar-refractivity contribution in [2.45, 2.75) is 57.4 Å². The average Bonchev–Trinajstić information content (AvgIpc) is 2.78. The summed E-state index contributed by atoms with van der Waals surface area (Å²) in [5, 5.41) is 13.6. The fraction of sp³-hybridized carbons (Fsp3) is 0.474. The van der Waals surface area contributed by atoms with Crippen LogP contribution in [0, 0.1) is 6.92 Å². The lowest BCUT2D eigenvalue weighted by Crippen LogP contribution is -2.54. The molecule has 5 heteroatoms. The third-order valence-electron chi connectivity index (χ3n) is 5.09. The van der Waals surface area contributed by atoms with E-state index in [1.807, 2.05) is 31.3 Å². The molecule has 1 amide bonds. The molecule has 1 aliphatic rings. The van der Waals surface area contributed by atoms with Gasteiger partial charge in [0.25, 0.3) is 0 Å². The van der Waals surface area contributed by atoms with Crippen molar-refractivity contribution in [3.8, 4) is 0 Å². The van der Waals surface area contributed by atoms with Gasteiger partial charge in [0, 0.05) is 17.1 Å².